The molecule has 3 nitrogen and oxygen atoms in total. The van der Waals surface area contributed by atoms with Gasteiger partial charge < -0.3 is 5.32 Å². The molecule has 0 bridgehead atoms. The minimum Gasteiger partial charge on any atom is -0.375 e. The maximum atomic E-state index is 3.25. The Morgan fingerprint density at radius 2 is 2.40 bits per heavy atom. The summed E-state index contributed by atoms with van der Waals surface area (Å²) in [5, 5.41) is 3.25. The molecule has 2 unspecified atom stereocenters. The molecule has 2 heterocycles. The van der Waals surface area contributed by atoms with Crippen LogP contribution < -0.4 is 16.2 Å². The Morgan fingerprint density at radius 1 is 1.50 bits per heavy atom. The highest BCUT2D eigenvalue weighted by molar-refractivity contribution is 14.1. The normalized spacial score (nSPS) is 44.7. The molecule has 2 aliphatic heterocycles. The van der Waals surface area contributed by atoms with Crippen molar-refractivity contribution in [3.8, 4) is 0 Å². The molecule has 0 amide bonds. The molecular weight excluding hydrogens is 241 g/mol. The van der Waals surface area contributed by atoms with Crippen LogP contribution in [0.5, 0.6) is 0 Å². The summed E-state index contributed by atoms with van der Waals surface area (Å²) < 4.78 is 0.659. The summed E-state index contributed by atoms with van der Waals surface area (Å²) >= 11 is 2.47. The van der Waals surface area contributed by atoms with Crippen molar-refractivity contribution in [2.24, 2.45) is 5.92 Å². The van der Waals surface area contributed by atoms with Gasteiger partial charge in [-0.15, -0.1) is 0 Å². The van der Waals surface area contributed by atoms with Crippen molar-refractivity contribution in [1.29, 1.82) is 0 Å². The number of hydrogen-bond donors (Lipinski definition) is 3. The number of halogens is 1. The molecule has 1 saturated heterocycles. The van der Waals surface area contributed by atoms with Crippen molar-refractivity contribution in [2.75, 3.05) is 6.54 Å². The lowest BCUT2D eigenvalue weighted by Crippen LogP contribution is -2.45. The largest absolute Gasteiger partial charge is 0.375 e. The number of nitrogens with one attached hydrogen (secondary N) is 3. The van der Waals surface area contributed by atoms with E-state index in [1.165, 1.54) is 0 Å². The molecule has 0 aromatic carbocycles. The van der Waals surface area contributed by atoms with E-state index in [2.05, 4.69) is 44.8 Å². The van der Waals surface area contributed by atoms with E-state index in [1.807, 2.05) is 6.20 Å². The van der Waals surface area contributed by atoms with E-state index in [1.54, 1.807) is 0 Å². The van der Waals surface area contributed by atoms with Crippen LogP contribution in [0, 0.1) is 5.92 Å². The predicted molar refractivity (Wildman–Crippen MR) is 48.5 cm³/mol. The summed E-state index contributed by atoms with van der Waals surface area (Å²) in [5.74, 6) is 0.700. The van der Waals surface area contributed by atoms with Crippen molar-refractivity contribution in [2.45, 2.75) is 10.1 Å². The van der Waals surface area contributed by atoms with Gasteiger partial charge in [0.1, 0.15) is 0 Å². The van der Waals surface area contributed by atoms with Crippen molar-refractivity contribution in [3.63, 3.8) is 0 Å². The molecule has 0 spiro atoms. The third kappa shape index (κ3) is 1.04. The highest BCUT2D eigenvalue weighted by Crippen LogP contribution is 2.22. The van der Waals surface area contributed by atoms with Gasteiger partial charge in [-0.25, -0.2) is 5.43 Å². The predicted octanol–water partition coefficient (Wildman–Crippen LogP) is -0.0430. The van der Waals surface area contributed by atoms with Crippen LogP contribution in [-0.4, -0.2) is 16.6 Å². The van der Waals surface area contributed by atoms with Crippen LogP contribution in [-0.2, 0) is 0 Å². The van der Waals surface area contributed by atoms with Gasteiger partial charge in [0.15, 0.2) is 0 Å². The monoisotopic (exact) mass is 251 g/mol. The topological polar surface area (TPSA) is 36.1 Å². The number of rotatable bonds is 0. The summed E-state index contributed by atoms with van der Waals surface area (Å²) in [6, 6.07) is 0. The van der Waals surface area contributed by atoms with E-state index in [0.717, 1.165) is 6.54 Å². The molecule has 1 fully saturated rings. The fourth-order valence-electron chi connectivity index (χ4n) is 1.37. The van der Waals surface area contributed by atoms with Gasteiger partial charge in [0.25, 0.3) is 0 Å². The number of hydrogen-bond acceptors (Lipinski definition) is 3. The Balaban J connectivity index is 2.13. The van der Waals surface area contributed by atoms with Gasteiger partial charge in [0, 0.05) is 16.4 Å². The molecule has 2 rings (SSSR count). The van der Waals surface area contributed by atoms with Crippen LogP contribution in [0.25, 0.3) is 0 Å². The second-order valence-corrected chi connectivity index (χ2v) is 4.08. The zero-order valence-corrected chi connectivity index (χ0v) is 7.63. The number of allylic oxidation sites excluding steroid dienone is 1. The van der Waals surface area contributed by atoms with Gasteiger partial charge in [-0.3, -0.25) is 5.43 Å². The van der Waals surface area contributed by atoms with Crippen LogP contribution in [0.4, 0.5) is 0 Å². The van der Waals surface area contributed by atoms with Crippen molar-refractivity contribution in [1.82, 2.24) is 16.2 Å². The Morgan fingerprint density at radius 3 is 3.20 bits per heavy atom. The molecule has 3 N–H and O–H groups in total. The van der Waals surface area contributed by atoms with Crippen LogP contribution in [0.3, 0.4) is 0 Å². The molecule has 4 heteroatoms. The van der Waals surface area contributed by atoms with Crippen molar-refractivity contribution >= 4 is 22.6 Å². The van der Waals surface area contributed by atoms with E-state index in [4.69, 9.17) is 0 Å². The molecule has 56 valence electrons. The smallest absolute Gasteiger partial charge is 0.0946 e. The fourth-order valence-corrected chi connectivity index (χ4v) is 2.24. The molecule has 2 aliphatic rings. The quantitative estimate of drug-likeness (QED) is 0.417. The van der Waals surface area contributed by atoms with Crippen LogP contribution in [0.15, 0.2) is 12.3 Å². The SMILES string of the molecule is IC1C=CN[C@H]2NNCC12. The molecule has 0 aromatic rings. The van der Waals surface area contributed by atoms with Gasteiger partial charge in [0.05, 0.1) is 6.17 Å². The van der Waals surface area contributed by atoms with E-state index in [9.17, 15) is 0 Å². The first-order chi connectivity index (χ1) is 4.88. The Kier molecular flexibility index (Phi) is 1.84. The second kappa shape index (κ2) is 2.67. The second-order valence-electron chi connectivity index (χ2n) is 2.64. The van der Waals surface area contributed by atoms with E-state index in [-0.39, 0.29) is 0 Å². The van der Waals surface area contributed by atoms with Crippen LogP contribution in [0.2, 0.25) is 0 Å². The molecular formula is C6H10IN3. The lowest BCUT2D eigenvalue weighted by molar-refractivity contribution is 0.417. The standard InChI is InChI=1S/C6H10IN3/c7-5-1-2-8-6-4(5)3-9-10-6/h1-2,4-6,8-10H,3H2/t4?,5?,6-/m0/s1. The van der Waals surface area contributed by atoms with Gasteiger partial charge in [-0.1, -0.05) is 28.7 Å². The molecule has 0 aliphatic carbocycles. The van der Waals surface area contributed by atoms with Gasteiger partial charge in [-0.2, -0.15) is 0 Å². The van der Waals surface area contributed by atoms with Crippen molar-refractivity contribution in [3.05, 3.63) is 12.3 Å². The Hall–Kier alpha value is 0.190. The summed E-state index contributed by atoms with van der Waals surface area (Å²) in [7, 11) is 0. The minimum atomic E-state index is 0.437. The molecule has 0 radical (unpaired) electrons. The van der Waals surface area contributed by atoms with Gasteiger partial charge in [0.2, 0.25) is 0 Å². The van der Waals surface area contributed by atoms with Crippen LogP contribution >= 0.6 is 22.6 Å². The summed E-state index contributed by atoms with van der Waals surface area (Å²) in [6.45, 7) is 1.07. The van der Waals surface area contributed by atoms with E-state index >= 15 is 0 Å². The minimum absolute atomic E-state index is 0.437. The lowest BCUT2D eigenvalue weighted by Gasteiger charge is -2.25. The van der Waals surface area contributed by atoms with E-state index < -0.39 is 0 Å². The highest BCUT2D eigenvalue weighted by atomic mass is 127. The van der Waals surface area contributed by atoms with Crippen LogP contribution in [0.1, 0.15) is 0 Å². The van der Waals surface area contributed by atoms with E-state index in [0.29, 0.717) is 16.0 Å². The van der Waals surface area contributed by atoms with Gasteiger partial charge in [-0.05, 0) is 6.20 Å². The zero-order valence-electron chi connectivity index (χ0n) is 5.47. The molecule has 3 atom stereocenters. The third-order valence-electron chi connectivity index (χ3n) is 1.99. The average Bonchev–Trinajstić information content (AvgIpc) is 2.36. The summed E-state index contributed by atoms with van der Waals surface area (Å²) in [6.07, 6.45) is 4.67. The fraction of sp³-hybridized carbons (Fsp3) is 0.667. The third-order valence-corrected chi connectivity index (χ3v) is 3.33. The summed E-state index contributed by atoms with van der Waals surface area (Å²) in [5.41, 5.74) is 6.31. The zero-order chi connectivity index (χ0) is 6.97. The maximum Gasteiger partial charge on any atom is 0.0946 e. The van der Waals surface area contributed by atoms with Crippen molar-refractivity contribution < 1.29 is 0 Å². The first-order valence-electron chi connectivity index (χ1n) is 3.43. The molecule has 0 aromatic heterocycles. The number of alkyl halides is 1. The average molecular weight is 251 g/mol. The first kappa shape index (κ1) is 6.87. The highest BCUT2D eigenvalue weighted by Gasteiger charge is 2.32. The first-order valence-corrected chi connectivity index (χ1v) is 4.68. The number of hydrazine groups is 1. The van der Waals surface area contributed by atoms with Gasteiger partial charge >= 0.3 is 0 Å². The molecule has 10 heavy (non-hydrogen) atoms. The number of fused-ring (bicyclic) bond motifs is 1. The summed E-state index contributed by atoms with van der Waals surface area (Å²) in [4.78, 5) is 0. The maximum absolute atomic E-state index is 3.25. The lowest BCUT2D eigenvalue weighted by atomic mass is 10.0. The molecule has 0 saturated carbocycles. The Labute approximate surface area is 73.7 Å². The Bertz CT molecular complexity index is 159.